The molecular formula is C24H26FN5O2S. The van der Waals surface area contributed by atoms with Gasteiger partial charge in [0.15, 0.2) is 10.8 Å². The maximum atomic E-state index is 14.8. The minimum Gasteiger partial charge on any atom is -0.490 e. The van der Waals surface area contributed by atoms with Gasteiger partial charge < -0.3 is 19.5 Å². The van der Waals surface area contributed by atoms with E-state index in [-0.39, 0.29) is 17.3 Å². The summed E-state index contributed by atoms with van der Waals surface area (Å²) in [5, 5.41) is 14.0. The smallest absolute Gasteiger partial charge is 0.251 e. The minimum atomic E-state index is -0.200. The van der Waals surface area contributed by atoms with Crippen LogP contribution in [0.4, 0.5) is 4.39 Å². The van der Waals surface area contributed by atoms with Gasteiger partial charge in [0.2, 0.25) is 0 Å². The molecule has 7 nitrogen and oxygen atoms in total. The second kappa shape index (κ2) is 8.70. The van der Waals surface area contributed by atoms with E-state index in [1.165, 1.54) is 6.07 Å². The van der Waals surface area contributed by atoms with Crippen molar-refractivity contribution in [2.45, 2.75) is 42.9 Å². The fourth-order valence-corrected chi connectivity index (χ4v) is 6.01. The molecule has 0 saturated carbocycles. The van der Waals surface area contributed by atoms with Gasteiger partial charge in [-0.2, -0.15) is 5.10 Å². The second-order valence-electron chi connectivity index (χ2n) is 9.04. The van der Waals surface area contributed by atoms with Crippen molar-refractivity contribution in [3.8, 4) is 5.75 Å². The van der Waals surface area contributed by atoms with E-state index in [9.17, 15) is 9.18 Å². The standard InChI is InChI=1S/C24H26FN5O2S/c25-19-3-1-15-2-4-21(31)30-14-16(22(19)23(15)30)13-29-7-5-17(6-8-29)26-12-18-11-20-24(28-27-18)33-10-9-32-20/h1-4,11,16-17,26H,5-10,12-14H2. The molecule has 33 heavy (non-hydrogen) atoms. The molecule has 1 saturated heterocycles. The number of ether oxygens (including phenoxy) is 1. The Kier molecular flexibility index (Phi) is 5.55. The third kappa shape index (κ3) is 4.02. The fraction of sp³-hybridized carbons (Fsp3) is 0.458. The second-order valence-corrected chi connectivity index (χ2v) is 10.1. The number of rotatable bonds is 5. The zero-order valence-electron chi connectivity index (χ0n) is 18.3. The summed E-state index contributed by atoms with van der Waals surface area (Å²) in [6, 6.07) is 9.09. The van der Waals surface area contributed by atoms with Crippen LogP contribution < -0.4 is 15.6 Å². The van der Waals surface area contributed by atoms with E-state index < -0.39 is 0 Å². The average Bonchev–Trinajstić information content (AvgIpc) is 3.23. The van der Waals surface area contributed by atoms with E-state index in [1.54, 1.807) is 34.5 Å². The lowest BCUT2D eigenvalue weighted by atomic mass is 9.97. The summed E-state index contributed by atoms with van der Waals surface area (Å²) >= 11 is 1.69. The van der Waals surface area contributed by atoms with Gasteiger partial charge in [-0.05, 0) is 49.5 Å². The van der Waals surface area contributed by atoms with E-state index in [0.717, 1.165) is 65.6 Å². The number of piperidine rings is 1. The SMILES string of the molecule is O=c1ccc2ccc(F)c3c2n1CC3CN1CCC(NCc2cc3c(nn2)SCCO3)CC1. The summed E-state index contributed by atoms with van der Waals surface area (Å²) in [6.45, 7) is 4.62. The number of aromatic nitrogens is 3. The third-order valence-corrected chi connectivity index (χ3v) is 7.87. The Morgan fingerprint density at radius 1 is 1.18 bits per heavy atom. The number of halogens is 1. The zero-order chi connectivity index (χ0) is 22.4. The molecule has 3 aromatic rings. The van der Waals surface area contributed by atoms with Crippen LogP contribution in [0, 0.1) is 5.82 Å². The van der Waals surface area contributed by atoms with Crippen LogP contribution in [-0.2, 0) is 13.1 Å². The van der Waals surface area contributed by atoms with E-state index in [1.807, 2.05) is 6.07 Å². The molecule has 0 amide bonds. The van der Waals surface area contributed by atoms with Crippen LogP contribution in [0.1, 0.15) is 30.0 Å². The number of hydrogen-bond donors (Lipinski definition) is 1. The molecule has 1 aromatic carbocycles. The predicted octanol–water partition coefficient (Wildman–Crippen LogP) is 2.77. The topological polar surface area (TPSA) is 72.3 Å². The average molecular weight is 468 g/mol. The highest BCUT2D eigenvalue weighted by Gasteiger charge is 2.31. The van der Waals surface area contributed by atoms with Crippen molar-refractivity contribution in [2.75, 3.05) is 32.0 Å². The summed E-state index contributed by atoms with van der Waals surface area (Å²) in [5.74, 6) is 1.57. The molecule has 0 radical (unpaired) electrons. The van der Waals surface area contributed by atoms with Crippen LogP contribution in [0.5, 0.6) is 5.75 Å². The summed E-state index contributed by atoms with van der Waals surface area (Å²) in [5.41, 5.74) is 2.33. The Labute approximate surface area is 195 Å². The lowest BCUT2D eigenvalue weighted by molar-refractivity contribution is 0.184. The van der Waals surface area contributed by atoms with Gasteiger partial charge in [0.1, 0.15) is 5.82 Å². The molecule has 0 spiro atoms. The molecule has 3 aliphatic heterocycles. The van der Waals surface area contributed by atoms with E-state index in [0.29, 0.717) is 31.3 Å². The number of thioether (sulfide) groups is 1. The van der Waals surface area contributed by atoms with Crippen molar-refractivity contribution in [2.24, 2.45) is 0 Å². The molecule has 1 N–H and O–H groups in total. The summed E-state index contributed by atoms with van der Waals surface area (Å²) in [7, 11) is 0. The zero-order valence-corrected chi connectivity index (χ0v) is 19.1. The highest BCUT2D eigenvalue weighted by atomic mass is 32.2. The molecule has 1 atom stereocenters. The van der Waals surface area contributed by atoms with Gasteiger partial charge in [0.05, 0.1) is 17.8 Å². The molecule has 6 rings (SSSR count). The molecule has 172 valence electrons. The lowest BCUT2D eigenvalue weighted by Crippen LogP contribution is -2.43. The van der Waals surface area contributed by atoms with Crippen molar-refractivity contribution < 1.29 is 9.13 Å². The third-order valence-electron chi connectivity index (χ3n) is 6.94. The number of nitrogens with one attached hydrogen (secondary N) is 1. The van der Waals surface area contributed by atoms with Gasteiger partial charge in [0.25, 0.3) is 5.56 Å². The molecule has 9 heteroatoms. The van der Waals surface area contributed by atoms with Gasteiger partial charge in [0, 0.05) is 55.0 Å². The largest absolute Gasteiger partial charge is 0.490 e. The Bertz CT molecular complexity index is 1260. The molecule has 5 heterocycles. The molecule has 1 unspecified atom stereocenters. The van der Waals surface area contributed by atoms with Gasteiger partial charge >= 0.3 is 0 Å². The first-order chi connectivity index (χ1) is 16.2. The number of benzene rings is 1. The Hall–Kier alpha value is -2.49. The van der Waals surface area contributed by atoms with Crippen LogP contribution in [0.3, 0.4) is 0 Å². The Balaban J connectivity index is 1.06. The van der Waals surface area contributed by atoms with Crippen LogP contribution in [0.15, 0.2) is 40.2 Å². The summed E-state index contributed by atoms with van der Waals surface area (Å²) < 4.78 is 22.2. The minimum absolute atomic E-state index is 0.0111. The van der Waals surface area contributed by atoms with Gasteiger partial charge in [-0.15, -0.1) is 5.10 Å². The van der Waals surface area contributed by atoms with Crippen molar-refractivity contribution in [1.29, 1.82) is 0 Å². The molecule has 0 bridgehead atoms. The predicted molar refractivity (Wildman–Crippen MR) is 125 cm³/mol. The van der Waals surface area contributed by atoms with Crippen LogP contribution in [-0.4, -0.2) is 57.7 Å². The van der Waals surface area contributed by atoms with Crippen molar-refractivity contribution in [1.82, 2.24) is 25.0 Å². The lowest BCUT2D eigenvalue weighted by Gasteiger charge is -2.34. The number of hydrogen-bond acceptors (Lipinski definition) is 7. The van der Waals surface area contributed by atoms with E-state index in [2.05, 4.69) is 20.4 Å². The van der Waals surface area contributed by atoms with E-state index in [4.69, 9.17) is 4.74 Å². The maximum Gasteiger partial charge on any atom is 0.251 e. The molecular weight excluding hydrogens is 441 g/mol. The molecule has 2 aromatic heterocycles. The maximum absolute atomic E-state index is 14.8. The first-order valence-corrected chi connectivity index (χ1v) is 12.5. The number of fused-ring (bicyclic) bond motifs is 1. The highest BCUT2D eigenvalue weighted by molar-refractivity contribution is 7.99. The van der Waals surface area contributed by atoms with Gasteiger partial charge in [-0.1, -0.05) is 11.8 Å². The Morgan fingerprint density at radius 3 is 2.91 bits per heavy atom. The van der Waals surface area contributed by atoms with Crippen LogP contribution >= 0.6 is 11.8 Å². The van der Waals surface area contributed by atoms with Crippen molar-refractivity contribution in [3.05, 3.63) is 57.8 Å². The molecule has 0 aliphatic carbocycles. The number of nitrogens with zero attached hydrogens (tertiary/aromatic N) is 4. The summed E-state index contributed by atoms with van der Waals surface area (Å²) in [4.78, 5) is 14.8. The van der Waals surface area contributed by atoms with Crippen molar-refractivity contribution in [3.63, 3.8) is 0 Å². The van der Waals surface area contributed by atoms with Crippen LogP contribution in [0.25, 0.3) is 10.9 Å². The fourth-order valence-electron chi connectivity index (χ4n) is 5.29. The normalized spacial score (nSPS) is 20.7. The van der Waals surface area contributed by atoms with Crippen molar-refractivity contribution >= 4 is 22.7 Å². The Morgan fingerprint density at radius 2 is 2.03 bits per heavy atom. The number of likely N-dealkylation sites (tertiary alicyclic amines) is 1. The highest BCUT2D eigenvalue weighted by Crippen LogP contribution is 2.35. The number of pyridine rings is 1. The monoisotopic (exact) mass is 467 g/mol. The first-order valence-electron chi connectivity index (χ1n) is 11.6. The molecule has 1 fully saturated rings. The van der Waals surface area contributed by atoms with Crippen LogP contribution in [0.2, 0.25) is 0 Å². The quantitative estimate of drug-likeness (QED) is 0.619. The first kappa shape index (κ1) is 21.1. The summed E-state index contributed by atoms with van der Waals surface area (Å²) in [6.07, 6.45) is 2.05. The van der Waals surface area contributed by atoms with E-state index >= 15 is 0 Å². The van der Waals surface area contributed by atoms with Gasteiger partial charge in [-0.25, -0.2) is 4.39 Å². The van der Waals surface area contributed by atoms with Gasteiger partial charge in [-0.3, -0.25) is 4.79 Å². The molecule has 3 aliphatic rings.